The van der Waals surface area contributed by atoms with Crippen LogP contribution >= 0.6 is 0 Å². The van der Waals surface area contributed by atoms with E-state index in [1.807, 2.05) is 0 Å². The van der Waals surface area contributed by atoms with Crippen LogP contribution in [0.15, 0.2) is 24.3 Å². The molecule has 2 rings (SSSR count). The minimum absolute atomic E-state index is 0.00523. The van der Waals surface area contributed by atoms with Crippen LogP contribution in [-0.2, 0) is 0 Å². The molecule has 0 amide bonds. The zero-order valence-corrected chi connectivity index (χ0v) is 10.4. The first-order valence-electron chi connectivity index (χ1n) is 6.36. The fourth-order valence-corrected chi connectivity index (χ4v) is 3.04. The van der Waals surface area contributed by atoms with Crippen molar-refractivity contribution in [1.29, 1.82) is 0 Å². The van der Waals surface area contributed by atoms with Crippen LogP contribution in [0, 0.1) is 23.6 Å². The van der Waals surface area contributed by atoms with Gasteiger partial charge in [0.25, 0.3) is 0 Å². The molecule has 1 aromatic carbocycles. The number of benzene rings is 1. The van der Waals surface area contributed by atoms with E-state index in [-0.39, 0.29) is 23.1 Å². The van der Waals surface area contributed by atoms with Crippen LogP contribution in [0.5, 0.6) is 0 Å². The third-order valence-electron chi connectivity index (χ3n) is 3.69. The highest BCUT2D eigenvalue weighted by molar-refractivity contribution is 5.98. The molecule has 0 N–H and O–H groups in total. The van der Waals surface area contributed by atoms with Gasteiger partial charge in [0.05, 0.1) is 5.56 Å². The Balaban J connectivity index is 2.17. The predicted octanol–water partition coefficient (Wildman–Crippen LogP) is 4.08. The normalized spacial score (nSPS) is 29.0. The molecular formula is C15H19FO. The Hall–Kier alpha value is -1.18. The van der Waals surface area contributed by atoms with E-state index in [0.717, 1.165) is 12.8 Å². The van der Waals surface area contributed by atoms with Crippen LogP contribution in [-0.4, -0.2) is 5.78 Å². The fourth-order valence-electron chi connectivity index (χ4n) is 3.04. The van der Waals surface area contributed by atoms with Crippen molar-refractivity contribution in [1.82, 2.24) is 0 Å². The molecule has 0 radical (unpaired) electrons. The zero-order chi connectivity index (χ0) is 12.4. The molecule has 1 aliphatic carbocycles. The predicted molar refractivity (Wildman–Crippen MR) is 66.4 cm³/mol. The first-order valence-corrected chi connectivity index (χ1v) is 6.36. The average Bonchev–Trinajstić information content (AvgIpc) is 2.27. The summed E-state index contributed by atoms with van der Waals surface area (Å²) in [4.78, 5) is 12.3. The van der Waals surface area contributed by atoms with Crippen molar-refractivity contribution >= 4 is 5.78 Å². The molecule has 2 atom stereocenters. The molecule has 17 heavy (non-hydrogen) atoms. The summed E-state index contributed by atoms with van der Waals surface area (Å²) >= 11 is 0. The first kappa shape index (κ1) is 12.3. The number of ketones is 1. The number of carbonyl (C=O) groups excluding carboxylic acids is 1. The Kier molecular flexibility index (Phi) is 3.60. The van der Waals surface area contributed by atoms with Crippen LogP contribution in [0.3, 0.4) is 0 Å². The van der Waals surface area contributed by atoms with E-state index in [0.29, 0.717) is 11.8 Å². The van der Waals surface area contributed by atoms with Crippen molar-refractivity contribution in [2.75, 3.05) is 0 Å². The van der Waals surface area contributed by atoms with Crippen molar-refractivity contribution in [3.63, 3.8) is 0 Å². The highest BCUT2D eigenvalue weighted by atomic mass is 19.1. The SMILES string of the molecule is CC1CC(C)CC(C(=O)c2ccccc2F)C1. The zero-order valence-electron chi connectivity index (χ0n) is 10.4. The van der Waals surface area contributed by atoms with Gasteiger partial charge >= 0.3 is 0 Å². The van der Waals surface area contributed by atoms with Crippen LogP contribution in [0.1, 0.15) is 43.5 Å². The maximum Gasteiger partial charge on any atom is 0.168 e. The lowest BCUT2D eigenvalue weighted by molar-refractivity contribution is 0.0832. The lowest BCUT2D eigenvalue weighted by atomic mass is 9.74. The summed E-state index contributed by atoms with van der Waals surface area (Å²) in [6, 6.07) is 6.31. The van der Waals surface area contributed by atoms with Gasteiger partial charge in [0.15, 0.2) is 5.78 Å². The third kappa shape index (κ3) is 2.74. The molecule has 0 aliphatic heterocycles. The van der Waals surface area contributed by atoms with Gasteiger partial charge in [0.1, 0.15) is 5.82 Å². The minimum atomic E-state index is -0.386. The van der Waals surface area contributed by atoms with Gasteiger partial charge in [0.2, 0.25) is 0 Å². The summed E-state index contributed by atoms with van der Waals surface area (Å²) < 4.78 is 13.6. The van der Waals surface area contributed by atoms with Crippen molar-refractivity contribution in [3.05, 3.63) is 35.6 Å². The summed E-state index contributed by atoms with van der Waals surface area (Å²) in [7, 11) is 0. The van der Waals surface area contributed by atoms with E-state index < -0.39 is 0 Å². The molecule has 1 aromatic rings. The molecule has 0 spiro atoms. The van der Waals surface area contributed by atoms with Crippen molar-refractivity contribution < 1.29 is 9.18 Å². The molecule has 1 nitrogen and oxygen atoms in total. The van der Waals surface area contributed by atoms with E-state index in [4.69, 9.17) is 0 Å². The molecule has 0 saturated heterocycles. The van der Waals surface area contributed by atoms with E-state index in [2.05, 4.69) is 13.8 Å². The summed E-state index contributed by atoms with van der Waals surface area (Å²) in [5.41, 5.74) is 0.263. The third-order valence-corrected chi connectivity index (χ3v) is 3.69. The Morgan fingerprint density at radius 1 is 1.12 bits per heavy atom. The second-order valence-electron chi connectivity index (χ2n) is 5.46. The Labute approximate surface area is 102 Å². The van der Waals surface area contributed by atoms with Crippen molar-refractivity contribution in [2.24, 2.45) is 17.8 Å². The van der Waals surface area contributed by atoms with Crippen LogP contribution in [0.25, 0.3) is 0 Å². The monoisotopic (exact) mass is 234 g/mol. The largest absolute Gasteiger partial charge is 0.294 e. The van der Waals surface area contributed by atoms with Gasteiger partial charge in [-0.05, 0) is 43.2 Å². The fraction of sp³-hybridized carbons (Fsp3) is 0.533. The van der Waals surface area contributed by atoms with Gasteiger partial charge in [-0.1, -0.05) is 26.0 Å². The summed E-state index contributed by atoms with van der Waals surface area (Å²) in [5, 5.41) is 0. The lowest BCUT2D eigenvalue weighted by Gasteiger charge is -2.30. The van der Waals surface area contributed by atoms with Crippen LogP contribution < -0.4 is 0 Å². The highest BCUT2D eigenvalue weighted by Gasteiger charge is 2.30. The smallest absolute Gasteiger partial charge is 0.168 e. The Morgan fingerprint density at radius 2 is 1.71 bits per heavy atom. The molecule has 2 heteroatoms. The van der Waals surface area contributed by atoms with Gasteiger partial charge in [-0.3, -0.25) is 4.79 Å². The number of carbonyl (C=O) groups is 1. The van der Waals surface area contributed by atoms with Gasteiger partial charge < -0.3 is 0 Å². The number of hydrogen-bond acceptors (Lipinski definition) is 1. The van der Waals surface area contributed by atoms with E-state index >= 15 is 0 Å². The van der Waals surface area contributed by atoms with Crippen LogP contribution in [0.2, 0.25) is 0 Å². The summed E-state index contributed by atoms with van der Waals surface area (Å²) in [6.45, 7) is 4.36. The maximum atomic E-state index is 13.6. The van der Waals surface area contributed by atoms with E-state index in [9.17, 15) is 9.18 Å². The second kappa shape index (κ2) is 4.99. The van der Waals surface area contributed by atoms with Gasteiger partial charge in [-0.15, -0.1) is 0 Å². The van der Waals surface area contributed by atoms with Crippen LogP contribution in [0.4, 0.5) is 4.39 Å². The van der Waals surface area contributed by atoms with E-state index in [1.165, 1.54) is 12.5 Å². The molecule has 0 heterocycles. The van der Waals surface area contributed by atoms with Gasteiger partial charge in [0, 0.05) is 5.92 Å². The van der Waals surface area contributed by atoms with Gasteiger partial charge in [-0.2, -0.15) is 0 Å². The Morgan fingerprint density at radius 3 is 2.29 bits per heavy atom. The summed E-state index contributed by atoms with van der Waals surface area (Å²) in [5.74, 6) is 0.745. The highest BCUT2D eigenvalue weighted by Crippen LogP contribution is 2.34. The molecule has 0 aromatic heterocycles. The standard InChI is InChI=1S/C15H19FO/c1-10-7-11(2)9-12(8-10)15(17)13-5-3-4-6-14(13)16/h3-6,10-12H,7-9H2,1-2H3. The quantitative estimate of drug-likeness (QED) is 0.705. The number of halogens is 1. The number of rotatable bonds is 2. The summed E-state index contributed by atoms with van der Waals surface area (Å²) in [6.07, 6.45) is 2.98. The molecule has 1 fully saturated rings. The molecule has 1 saturated carbocycles. The van der Waals surface area contributed by atoms with Crippen molar-refractivity contribution in [2.45, 2.75) is 33.1 Å². The molecule has 2 unspecified atom stereocenters. The number of Topliss-reactive ketones (excluding diaryl/α,β-unsaturated/α-hetero) is 1. The van der Waals surface area contributed by atoms with E-state index in [1.54, 1.807) is 18.2 Å². The average molecular weight is 234 g/mol. The molecule has 0 bridgehead atoms. The van der Waals surface area contributed by atoms with Crippen molar-refractivity contribution in [3.8, 4) is 0 Å². The number of hydrogen-bond donors (Lipinski definition) is 0. The first-order chi connectivity index (χ1) is 8.08. The minimum Gasteiger partial charge on any atom is -0.294 e. The Bertz CT molecular complexity index is 403. The second-order valence-corrected chi connectivity index (χ2v) is 5.46. The lowest BCUT2D eigenvalue weighted by Crippen LogP contribution is -2.26. The molecule has 1 aliphatic rings. The topological polar surface area (TPSA) is 17.1 Å². The maximum absolute atomic E-state index is 13.6. The van der Waals surface area contributed by atoms with Gasteiger partial charge in [-0.25, -0.2) is 4.39 Å². The molecular weight excluding hydrogens is 215 g/mol. The molecule has 92 valence electrons.